The second kappa shape index (κ2) is 10.7. The Kier molecular flexibility index (Phi) is 7.32. The number of carboxylic acids is 1. The minimum Gasteiger partial charge on any atom is -0.481 e. The first-order valence-corrected chi connectivity index (χ1v) is 13.4. The Balaban J connectivity index is 1.59. The van der Waals surface area contributed by atoms with Crippen molar-refractivity contribution in [2.24, 2.45) is 0 Å². The molecule has 1 saturated carbocycles. The molecule has 1 fully saturated rings. The van der Waals surface area contributed by atoms with Crippen LogP contribution < -0.4 is 10.2 Å². The minimum atomic E-state index is -1.28. The largest absolute Gasteiger partial charge is 0.481 e. The third-order valence-corrected chi connectivity index (χ3v) is 7.73. The number of fused-ring (bicyclic) bond motifs is 1. The van der Waals surface area contributed by atoms with Crippen molar-refractivity contribution in [2.45, 2.75) is 57.4 Å². The zero-order chi connectivity index (χ0) is 27.7. The summed E-state index contributed by atoms with van der Waals surface area (Å²) in [5.41, 5.74) is 0.476. The fourth-order valence-electron chi connectivity index (χ4n) is 5.09. The number of nitrogens with one attached hydrogen (secondary N) is 1. The maximum absolute atomic E-state index is 15.2. The number of nitrogens with zero attached hydrogens (tertiary/aromatic N) is 3. The smallest absolute Gasteiger partial charge is 0.327 e. The van der Waals surface area contributed by atoms with E-state index in [1.165, 1.54) is 32.0 Å². The van der Waals surface area contributed by atoms with E-state index >= 15 is 4.39 Å². The van der Waals surface area contributed by atoms with Gasteiger partial charge in [-0.1, -0.05) is 49.1 Å². The normalized spacial score (nSPS) is 14.4. The van der Waals surface area contributed by atoms with Gasteiger partial charge in [-0.3, -0.25) is 9.69 Å². The third kappa shape index (κ3) is 5.21. The molecule has 2 amide bonds. The van der Waals surface area contributed by atoms with E-state index in [4.69, 9.17) is 16.7 Å². The van der Waals surface area contributed by atoms with E-state index in [0.29, 0.717) is 16.4 Å². The van der Waals surface area contributed by atoms with E-state index < -0.39 is 23.2 Å². The molecule has 2 N–H and O–H groups in total. The summed E-state index contributed by atoms with van der Waals surface area (Å²) in [6.45, 7) is 3.02. The lowest BCUT2D eigenvalue weighted by Crippen LogP contribution is -2.45. The molecule has 0 saturated heterocycles. The van der Waals surface area contributed by atoms with Crippen LogP contribution >= 0.6 is 11.6 Å². The topological polar surface area (TPSA) is 87.5 Å². The van der Waals surface area contributed by atoms with Crippen molar-refractivity contribution in [3.05, 3.63) is 83.1 Å². The molecule has 0 atom stereocenters. The van der Waals surface area contributed by atoms with Crippen LogP contribution in [0, 0.1) is 5.82 Å². The van der Waals surface area contributed by atoms with Crippen LogP contribution in [-0.2, 0) is 10.2 Å². The number of urea groups is 1. The van der Waals surface area contributed by atoms with Gasteiger partial charge >= 0.3 is 12.0 Å². The minimum absolute atomic E-state index is 0.0207. The number of carbonyl (C=O) groups is 2. The average Bonchev–Trinajstić information content (AvgIpc) is 3.30. The fourth-order valence-corrected chi connectivity index (χ4v) is 5.22. The highest BCUT2D eigenvalue weighted by atomic mass is 35.5. The van der Waals surface area contributed by atoms with Crippen LogP contribution in [0.2, 0.25) is 5.02 Å². The molecular formula is C30H30ClFN4O3. The highest BCUT2D eigenvalue weighted by molar-refractivity contribution is 6.30. The Morgan fingerprint density at radius 3 is 2.41 bits per heavy atom. The second-order valence-electron chi connectivity index (χ2n) is 10.4. The van der Waals surface area contributed by atoms with Gasteiger partial charge in [0.25, 0.3) is 0 Å². The predicted molar refractivity (Wildman–Crippen MR) is 152 cm³/mol. The van der Waals surface area contributed by atoms with Gasteiger partial charge in [-0.2, -0.15) is 5.10 Å². The second-order valence-corrected chi connectivity index (χ2v) is 10.9. The summed E-state index contributed by atoms with van der Waals surface area (Å²) in [7, 11) is 0. The fraction of sp³-hybridized carbons (Fsp3) is 0.300. The van der Waals surface area contributed by atoms with Crippen molar-refractivity contribution in [1.82, 2.24) is 9.78 Å². The maximum atomic E-state index is 15.2. The van der Waals surface area contributed by atoms with E-state index in [1.807, 2.05) is 36.4 Å². The number of aliphatic carboxylic acids is 1. The van der Waals surface area contributed by atoms with Crippen molar-refractivity contribution >= 4 is 46.0 Å². The van der Waals surface area contributed by atoms with Gasteiger partial charge in [-0.15, -0.1) is 0 Å². The quantitative estimate of drug-likeness (QED) is 0.260. The standard InChI is InChI=1S/C30H30ClFN4O3/c1-30(2,28(37)38)19-12-17-26(24(32)18-19)33-29(39)35(21-8-4-3-5-9-21)27-23-10-6-7-11-25(23)34-36(27)22-15-13-20(31)14-16-22/h6-7,10-18,21H,3-5,8-9H2,1-2H3,(H,33,39)(H,37,38). The highest BCUT2D eigenvalue weighted by Crippen LogP contribution is 2.36. The maximum Gasteiger partial charge on any atom is 0.327 e. The summed E-state index contributed by atoms with van der Waals surface area (Å²) in [6.07, 6.45) is 4.67. The average molecular weight is 549 g/mol. The lowest BCUT2D eigenvalue weighted by Gasteiger charge is -2.34. The first-order chi connectivity index (χ1) is 18.7. The molecule has 0 bridgehead atoms. The van der Waals surface area contributed by atoms with Crippen molar-refractivity contribution in [3.8, 4) is 5.69 Å². The Hall–Kier alpha value is -3.91. The van der Waals surface area contributed by atoms with Crippen molar-refractivity contribution in [1.29, 1.82) is 0 Å². The molecule has 0 unspecified atom stereocenters. The van der Waals surface area contributed by atoms with Crippen LogP contribution in [0.1, 0.15) is 51.5 Å². The number of rotatable bonds is 6. The summed E-state index contributed by atoms with van der Waals surface area (Å²) in [6, 6.07) is 18.4. The Bertz CT molecular complexity index is 1530. The number of halogens is 2. The summed E-state index contributed by atoms with van der Waals surface area (Å²) >= 11 is 6.14. The monoisotopic (exact) mass is 548 g/mol. The van der Waals surface area contributed by atoms with E-state index in [1.54, 1.807) is 21.7 Å². The van der Waals surface area contributed by atoms with Crippen LogP contribution in [0.25, 0.3) is 16.6 Å². The van der Waals surface area contributed by atoms with Gasteiger partial charge < -0.3 is 10.4 Å². The van der Waals surface area contributed by atoms with E-state index in [-0.39, 0.29) is 11.7 Å². The Labute approximate surface area is 231 Å². The lowest BCUT2D eigenvalue weighted by atomic mass is 9.85. The van der Waals surface area contributed by atoms with Crippen LogP contribution in [0.3, 0.4) is 0 Å². The highest BCUT2D eigenvalue weighted by Gasteiger charge is 2.33. The van der Waals surface area contributed by atoms with Crippen LogP contribution in [0.15, 0.2) is 66.7 Å². The number of hydrogen-bond acceptors (Lipinski definition) is 3. The van der Waals surface area contributed by atoms with E-state index in [0.717, 1.165) is 48.7 Å². The van der Waals surface area contributed by atoms with Crippen LogP contribution in [-0.4, -0.2) is 32.9 Å². The number of aromatic nitrogens is 2. The lowest BCUT2D eigenvalue weighted by molar-refractivity contribution is -0.142. The molecular weight excluding hydrogens is 519 g/mol. The zero-order valence-electron chi connectivity index (χ0n) is 21.8. The van der Waals surface area contributed by atoms with Crippen LogP contribution in [0.5, 0.6) is 0 Å². The van der Waals surface area contributed by atoms with E-state index in [2.05, 4.69) is 5.32 Å². The molecule has 4 aromatic rings. The van der Waals surface area contributed by atoms with Crippen molar-refractivity contribution in [2.75, 3.05) is 10.2 Å². The molecule has 0 radical (unpaired) electrons. The molecule has 3 aromatic carbocycles. The number of benzene rings is 3. The summed E-state index contributed by atoms with van der Waals surface area (Å²) in [5.74, 6) is -1.17. The van der Waals surface area contributed by atoms with Crippen molar-refractivity contribution in [3.63, 3.8) is 0 Å². The first-order valence-electron chi connectivity index (χ1n) is 13.0. The molecule has 202 valence electrons. The molecule has 39 heavy (non-hydrogen) atoms. The van der Waals surface area contributed by atoms with E-state index in [9.17, 15) is 14.7 Å². The van der Waals surface area contributed by atoms with Gasteiger partial charge in [-0.05, 0) is 80.8 Å². The molecule has 5 rings (SSSR count). The third-order valence-electron chi connectivity index (χ3n) is 7.48. The predicted octanol–water partition coefficient (Wildman–Crippen LogP) is 7.55. The van der Waals surface area contributed by atoms with Gasteiger partial charge in [0, 0.05) is 16.5 Å². The van der Waals surface area contributed by atoms with Gasteiger partial charge in [0.05, 0.1) is 22.3 Å². The number of carbonyl (C=O) groups excluding carboxylic acids is 1. The van der Waals surface area contributed by atoms with Crippen molar-refractivity contribution < 1.29 is 19.1 Å². The van der Waals surface area contributed by atoms with Crippen LogP contribution in [0.4, 0.5) is 20.7 Å². The molecule has 1 aliphatic carbocycles. The molecule has 0 aliphatic heterocycles. The number of amides is 2. The summed E-state index contributed by atoms with van der Waals surface area (Å²) in [5, 5.41) is 18.5. The SMILES string of the molecule is CC(C)(C(=O)O)c1ccc(NC(=O)N(c2c3ccccc3nn2-c2ccc(Cl)cc2)C2CCCCC2)c(F)c1. The molecule has 0 spiro atoms. The molecule has 1 heterocycles. The number of hydrogen-bond donors (Lipinski definition) is 2. The molecule has 7 nitrogen and oxygen atoms in total. The number of carboxylic acid groups (broad SMARTS) is 1. The molecule has 9 heteroatoms. The number of anilines is 2. The Morgan fingerprint density at radius 2 is 1.74 bits per heavy atom. The zero-order valence-corrected chi connectivity index (χ0v) is 22.6. The van der Waals surface area contributed by atoms with Gasteiger partial charge in [0.15, 0.2) is 0 Å². The first kappa shape index (κ1) is 26.7. The molecule has 1 aliphatic rings. The summed E-state index contributed by atoms with van der Waals surface area (Å²) in [4.78, 5) is 27.4. The van der Waals surface area contributed by atoms with Gasteiger partial charge in [-0.25, -0.2) is 13.9 Å². The molecule has 1 aromatic heterocycles. The summed E-state index contributed by atoms with van der Waals surface area (Å²) < 4.78 is 17.0. The Morgan fingerprint density at radius 1 is 1.05 bits per heavy atom. The van der Waals surface area contributed by atoms with Gasteiger partial charge in [0.2, 0.25) is 0 Å². The van der Waals surface area contributed by atoms with Gasteiger partial charge in [0.1, 0.15) is 11.6 Å².